The lowest BCUT2D eigenvalue weighted by Gasteiger charge is -2.05. The average Bonchev–Trinajstić information content (AvgIpc) is 1.89. The Morgan fingerprint density at radius 1 is 1.44 bits per heavy atom. The van der Waals surface area contributed by atoms with Gasteiger partial charge in [0, 0.05) is 0 Å². The van der Waals surface area contributed by atoms with E-state index in [1.54, 1.807) is 11.8 Å². The molecule has 0 fully saturated rings. The number of thioether (sulfide) groups is 1. The van der Waals surface area contributed by atoms with Crippen LogP contribution in [-0.4, -0.2) is 11.6 Å². The highest BCUT2D eigenvalue weighted by molar-refractivity contribution is 7.99. The second-order valence-corrected chi connectivity index (χ2v) is 3.35. The quantitative estimate of drug-likeness (QED) is 0.476. The summed E-state index contributed by atoms with van der Waals surface area (Å²) in [5.41, 5.74) is 5.68. The molecule has 0 saturated heterocycles. The van der Waals surface area contributed by atoms with Crippen molar-refractivity contribution in [3.8, 4) is 0 Å². The predicted octanol–water partition coefficient (Wildman–Crippen LogP) is 2.21. The maximum atomic E-state index is 5.68. The Morgan fingerprint density at radius 3 is 2.56 bits per heavy atom. The normalized spacial score (nSPS) is 13.7. The van der Waals surface area contributed by atoms with Gasteiger partial charge in [-0.15, -0.1) is 11.8 Å². The van der Waals surface area contributed by atoms with Gasteiger partial charge in [-0.05, 0) is 12.7 Å². The Bertz CT molecular complexity index is 56.9. The predicted molar refractivity (Wildman–Crippen MR) is 45.6 cm³/mol. The molecule has 0 aromatic carbocycles. The molecule has 1 nitrogen and oxygen atoms in total. The molecule has 0 aliphatic heterocycles. The summed E-state index contributed by atoms with van der Waals surface area (Å²) in [6.45, 7) is 2.21. The summed E-state index contributed by atoms with van der Waals surface area (Å²) in [4.78, 5) is 0. The second kappa shape index (κ2) is 6.43. The first kappa shape index (κ1) is 9.31. The van der Waals surface area contributed by atoms with Crippen LogP contribution >= 0.6 is 11.8 Å². The molecule has 1 unspecified atom stereocenters. The molecule has 2 N–H and O–H groups in total. The lowest BCUT2D eigenvalue weighted by molar-refractivity contribution is 0.655. The van der Waals surface area contributed by atoms with Crippen molar-refractivity contribution in [3.05, 3.63) is 0 Å². The second-order valence-electron chi connectivity index (χ2n) is 2.27. The van der Waals surface area contributed by atoms with Crippen molar-refractivity contribution in [1.82, 2.24) is 0 Å². The van der Waals surface area contributed by atoms with E-state index in [1.807, 2.05) is 0 Å². The number of hydrogen-bond donors (Lipinski definition) is 1. The van der Waals surface area contributed by atoms with Crippen molar-refractivity contribution in [2.75, 3.05) is 6.26 Å². The van der Waals surface area contributed by atoms with E-state index in [-0.39, 0.29) is 0 Å². The van der Waals surface area contributed by atoms with Crippen LogP contribution in [0.2, 0.25) is 0 Å². The van der Waals surface area contributed by atoms with Gasteiger partial charge in [-0.2, -0.15) is 0 Å². The molecule has 0 rings (SSSR count). The van der Waals surface area contributed by atoms with Crippen LogP contribution in [-0.2, 0) is 0 Å². The Morgan fingerprint density at radius 2 is 2.11 bits per heavy atom. The molecule has 0 heterocycles. The van der Waals surface area contributed by atoms with Gasteiger partial charge in [-0.1, -0.05) is 26.2 Å². The maximum absolute atomic E-state index is 5.68. The Hall–Kier alpha value is 0.310. The van der Waals surface area contributed by atoms with Gasteiger partial charge in [0.25, 0.3) is 0 Å². The number of rotatable bonds is 5. The highest BCUT2D eigenvalue weighted by Gasteiger charge is 1.96. The fraction of sp³-hybridized carbons (Fsp3) is 1.00. The molecule has 1 atom stereocenters. The Balaban J connectivity index is 2.88. The van der Waals surface area contributed by atoms with Crippen molar-refractivity contribution in [2.24, 2.45) is 5.73 Å². The third kappa shape index (κ3) is 6.19. The van der Waals surface area contributed by atoms with E-state index in [4.69, 9.17) is 5.73 Å². The molecule has 0 aromatic rings. The molecule has 9 heavy (non-hydrogen) atoms. The van der Waals surface area contributed by atoms with Gasteiger partial charge in [-0.25, -0.2) is 0 Å². The highest BCUT2D eigenvalue weighted by Crippen LogP contribution is 2.08. The molecule has 0 bridgehead atoms. The summed E-state index contributed by atoms with van der Waals surface area (Å²) in [5.74, 6) is 0. The zero-order valence-corrected chi connectivity index (χ0v) is 7.21. The standard InChI is InChI=1S/C7H17NS/c1-3-4-5-6-7(8)9-2/h7H,3-6,8H2,1-2H3. The van der Waals surface area contributed by atoms with E-state index in [0.717, 1.165) is 0 Å². The van der Waals surface area contributed by atoms with Crippen molar-refractivity contribution >= 4 is 11.8 Å². The summed E-state index contributed by atoms with van der Waals surface area (Å²) >= 11 is 1.75. The van der Waals surface area contributed by atoms with E-state index < -0.39 is 0 Å². The Kier molecular flexibility index (Phi) is 6.65. The minimum atomic E-state index is 0.372. The molecule has 0 aliphatic rings. The van der Waals surface area contributed by atoms with Crippen LogP contribution in [0.5, 0.6) is 0 Å². The topological polar surface area (TPSA) is 26.0 Å². The first-order valence-electron chi connectivity index (χ1n) is 3.59. The van der Waals surface area contributed by atoms with E-state index in [0.29, 0.717) is 5.37 Å². The van der Waals surface area contributed by atoms with Crippen LogP contribution in [0.25, 0.3) is 0 Å². The van der Waals surface area contributed by atoms with Gasteiger partial charge < -0.3 is 5.73 Å². The van der Waals surface area contributed by atoms with Gasteiger partial charge in [0.2, 0.25) is 0 Å². The number of unbranched alkanes of at least 4 members (excludes halogenated alkanes) is 2. The van der Waals surface area contributed by atoms with Crippen molar-refractivity contribution < 1.29 is 0 Å². The van der Waals surface area contributed by atoms with Crippen LogP contribution in [0.1, 0.15) is 32.6 Å². The molecule has 0 radical (unpaired) electrons. The first-order chi connectivity index (χ1) is 4.31. The number of hydrogen-bond acceptors (Lipinski definition) is 2. The van der Waals surface area contributed by atoms with Crippen LogP contribution in [0.15, 0.2) is 0 Å². The largest absolute Gasteiger partial charge is 0.319 e. The van der Waals surface area contributed by atoms with E-state index >= 15 is 0 Å². The van der Waals surface area contributed by atoms with E-state index in [1.165, 1.54) is 25.7 Å². The molecule has 0 saturated carbocycles. The summed E-state index contributed by atoms with van der Waals surface area (Å²) in [7, 11) is 0. The van der Waals surface area contributed by atoms with Gasteiger partial charge in [-0.3, -0.25) is 0 Å². The first-order valence-corrected chi connectivity index (χ1v) is 4.88. The zero-order valence-electron chi connectivity index (χ0n) is 6.39. The summed E-state index contributed by atoms with van der Waals surface area (Å²) in [5, 5.41) is 0.372. The van der Waals surface area contributed by atoms with Crippen LogP contribution in [0.3, 0.4) is 0 Å². The van der Waals surface area contributed by atoms with Gasteiger partial charge in [0.05, 0.1) is 5.37 Å². The monoisotopic (exact) mass is 147 g/mol. The molecular formula is C7H17NS. The third-order valence-electron chi connectivity index (χ3n) is 1.39. The van der Waals surface area contributed by atoms with Crippen LogP contribution in [0.4, 0.5) is 0 Å². The molecule has 2 heteroatoms. The maximum Gasteiger partial charge on any atom is 0.0504 e. The SMILES string of the molecule is CCCCCC(N)SC. The average molecular weight is 147 g/mol. The van der Waals surface area contributed by atoms with Crippen molar-refractivity contribution in [2.45, 2.75) is 38.0 Å². The highest BCUT2D eigenvalue weighted by atomic mass is 32.2. The van der Waals surface area contributed by atoms with Gasteiger partial charge >= 0.3 is 0 Å². The fourth-order valence-corrected chi connectivity index (χ4v) is 1.12. The zero-order chi connectivity index (χ0) is 7.11. The smallest absolute Gasteiger partial charge is 0.0504 e. The minimum absolute atomic E-state index is 0.372. The molecule has 56 valence electrons. The molecule has 0 aliphatic carbocycles. The third-order valence-corrected chi connectivity index (χ3v) is 2.24. The van der Waals surface area contributed by atoms with Crippen LogP contribution < -0.4 is 5.73 Å². The number of nitrogens with two attached hydrogens (primary N) is 1. The fourth-order valence-electron chi connectivity index (χ4n) is 0.713. The van der Waals surface area contributed by atoms with Crippen molar-refractivity contribution in [3.63, 3.8) is 0 Å². The molecular weight excluding hydrogens is 130 g/mol. The Labute approximate surface area is 62.4 Å². The molecule has 0 aromatic heterocycles. The lowest BCUT2D eigenvalue weighted by Crippen LogP contribution is -2.13. The summed E-state index contributed by atoms with van der Waals surface area (Å²) < 4.78 is 0. The van der Waals surface area contributed by atoms with E-state index in [9.17, 15) is 0 Å². The summed E-state index contributed by atoms with van der Waals surface area (Å²) in [6.07, 6.45) is 7.15. The minimum Gasteiger partial charge on any atom is -0.319 e. The molecule has 0 spiro atoms. The summed E-state index contributed by atoms with van der Waals surface area (Å²) in [6, 6.07) is 0. The van der Waals surface area contributed by atoms with E-state index in [2.05, 4.69) is 13.2 Å². The lowest BCUT2D eigenvalue weighted by atomic mass is 10.2. The van der Waals surface area contributed by atoms with Gasteiger partial charge in [0.15, 0.2) is 0 Å². The van der Waals surface area contributed by atoms with Gasteiger partial charge in [0.1, 0.15) is 0 Å². The molecule has 0 amide bonds. The van der Waals surface area contributed by atoms with Crippen molar-refractivity contribution in [1.29, 1.82) is 0 Å². The van der Waals surface area contributed by atoms with Crippen LogP contribution in [0, 0.1) is 0 Å².